The van der Waals surface area contributed by atoms with E-state index in [0.29, 0.717) is 0 Å². The van der Waals surface area contributed by atoms with Gasteiger partial charge in [0, 0.05) is 21.1 Å². The monoisotopic (exact) mass is 346 g/mol. The molecule has 1 heterocycles. The van der Waals surface area contributed by atoms with Gasteiger partial charge in [0.2, 0.25) is 0 Å². The molecule has 0 amide bonds. The van der Waals surface area contributed by atoms with Crippen molar-refractivity contribution in [3.63, 3.8) is 0 Å². The summed E-state index contributed by atoms with van der Waals surface area (Å²) < 4.78 is 1.01. The molecule has 0 bridgehead atoms. The molecule has 0 radical (unpaired) electrons. The van der Waals surface area contributed by atoms with Gasteiger partial charge in [0.25, 0.3) is 0 Å². The Hall–Kier alpha value is -0.940. The van der Waals surface area contributed by atoms with Crippen LogP contribution in [0.15, 0.2) is 59.5 Å². The quantitative estimate of drug-likeness (QED) is 0.289. The van der Waals surface area contributed by atoms with E-state index in [1.165, 1.54) is 26.5 Å². The highest BCUT2D eigenvalue weighted by Gasteiger charge is 2.11. The Labute approximate surface area is 141 Å². The molecule has 0 saturated heterocycles. The zero-order chi connectivity index (χ0) is 14.7. The van der Waals surface area contributed by atoms with Gasteiger partial charge in [-0.15, -0.1) is 11.8 Å². The van der Waals surface area contributed by atoms with Crippen LogP contribution in [0.1, 0.15) is 10.4 Å². The summed E-state index contributed by atoms with van der Waals surface area (Å²) in [6.07, 6.45) is 0. The van der Waals surface area contributed by atoms with Gasteiger partial charge in [-0.2, -0.15) is 0 Å². The van der Waals surface area contributed by atoms with Gasteiger partial charge in [-0.05, 0) is 24.6 Å². The van der Waals surface area contributed by atoms with Crippen molar-refractivity contribution in [3.8, 4) is 11.1 Å². The molecule has 0 saturated carbocycles. The first-order valence-corrected chi connectivity index (χ1v) is 10.2. The molecule has 3 rings (SSSR count). The lowest BCUT2D eigenvalue weighted by Crippen LogP contribution is -1.82. The first kappa shape index (κ1) is 15.0. The largest absolute Gasteiger partial charge is 0.120 e. The molecular weight excluding hydrogens is 332 g/mol. The van der Waals surface area contributed by atoms with Gasteiger partial charge < -0.3 is 0 Å². The van der Waals surface area contributed by atoms with E-state index in [9.17, 15) is 0 Å². The van der Waals surface area contributed by atoms with Gasteiger partial charge in [-0.1, -0.05) is 80.9 Å². The zero-order valence-electron chi connectivity index (χ0n) is 11.5. The molecular formula is C17H14S4. The van der Waals surface area contributed by atoms with Crippen LogP contribution in [-0.2, 0) is 5.75 Å². The lowest BCUT2D eigenvalue weighted by atomic mass is 10.1. The molecule has 0 nitrogen and oxygen atoms in total. The summed E-state index contributed by atoms with van der Waals surface area (Å²) >= 11 is 7.40. The number of aryl methyl sites for hydroxylation is 1. The second-order valence-electron chi connectivity index (χ2n) is 4.72. The molecule has 0 aliphatic carbocycles. The molecule has 0 atom stereocenters. The highest BCUT2D eigenvalue weighted by Crippen LogP contribution is 2.37. The Balaban J connectivity index is 1.84. The number of thioether (sulfide) groups is 1. The maximum Gasteiger partial charge on any atom is 0.110 e. The molecule has 0 N–H and O–H groups in total. The van der Waals surface area contributed by atoms with E-state index < -0.39 is 0 Å². The van der Waals surface area contributed by atoms with Crippen LogP contribution in [0.3, 0.4) is 0 Å². The van der Waals surface area contributed by atoms with Crippen molar-refractivity contribution in [2.75, 3.05) is 0 Å². The second-order valence-corrected chi connectivity index (χ2v) is 8.67. The van der Waals surface area contributed by atoms with Crippen LogP contribution < -0.4 is 0 Å². The van der Waals surface area contributed by atoms with E-state index in [2.05, 4.69) is 55.5 Å². The first-order valence-electron chi connectivity index (χ1n) is 6.61. The summed E-state index contributed by atoms with van der Waals surface area (Å²) in [4.78, 5) is 2.69. The fourth-order valence-corrected chi connectivity index (χ4v) is 6.13. The SMILES string of the molecule is Cc1ccc(SCc2ssc(=S)c2-c2ccccc2)cc1. The Kier molecular flexibility index (Phi) is 4.91. The number of rotatable bonds is 4. The van der Waals surface area contributed by atoms with Crippen molar-refractivity contribution < 1.29 is 0 Å². The molecule has 21 heavy (non-hydrogen) atoms. The highest BCUT2D eigenvalue weighted by atomic mass is 32.9. The van der Waals surface area contributed by atoms with Crippen molar-refractivity contribution in [3.05, 3.63) is 68.9 Å². The fraction of sp³-hybridized carbons (Fsp3) is 0.118. The van der Waals surface area contributed by atoms with Crippen LogP contribution in [0.2, 0.25) is 0 Å². The zero-order valence-corrected chi connectivity index (χ0v) is 14.8. The van der Waals surface area contributed by atoms with E-state index in [4.69, 9.17) is 12.2 Å². The summed E-state index contributed by atoms with van der Waals surface area (Å²) in [5, 5.41) is 0. The van der Waals surface area contributed by atoms with E-state index in [1.54, 1.807) is 10.3 Å². The third-order valence-electron chi connectivity index (χ3n) is 3.15. The number of benzene rings is 2. The van der Waals surface area contributed by atoms with Crippen molar-refractivity contribution in [2.45, 2.75) is 17.6 Å². The van der Waals surface area contributed by atoms with Gasteiger partial charge >= 0.3 is 0 Å². The lowest BCUT2D eigenvalue weighted by molar-refractivity contribution is 1.37. The minimum Gasteiger partial charge on any atom is -0.120 e. The van der Waals surface area contributed by atoms with Crippen molar-refractivity contribution in [1.29, 1.82) is 0 Å². The molecule has 106 valence electrons. The van der Waals surface area contributed by atoms with Crippen LogP contribution in [-0.4, -0.2) is 0 Å². The normalized spacial score (nSPS) is 10.7. The maximum atomic E-state index is 5.52. The molecule has 0 unspecified atom stereocenters. The number of hydrogen-bond acceptors (Lipinski definition) is 4. The molecule has 0 aliphatic rings. The van der Waals surface area contributed by atoms with Crippen molar-refractivity contribution in [2.24, 2.45) is 0 Å². The molecule has 3 aromatic rings. The van der Waals surface area contributed by atoms with Gasteiger partial charge in [0.1, 0.15) is 3.82 Å². The minimum absolute atomic E-state index is 0.977. The van der Waals surface area contributed by atoms with E-state index in [-0.39, 0.29) is 0 Å². The molecule has 0 spiro atoms. The van der Waals surface area contributed by atoms with Crippen LogP contribution in [0, 0.1) is 10.7 Å². The third-order valence-corrected chi connectivity index (χ3v) is 7.49. The Bertz CT molecular complexity index is 767. The van der Waals surface area contributed by atoms with Crippen molar-refractivity contribution in [1.82, 2.24) is 0 Å². The first-order chi connectivity index (χ1) is 10.2. The molecule has 1 aromatic heterocycles. The topological polar surface area (TPSA) is 0 Å². The van der Waals surface area contributed by atoms with Gasteiger partial charge in [-0.25, -0.2) is 0 Å². The molecule has 2 aromatic carbocycles. The molecule has 0 fully saturated rings. The van der Waals surface area contributed by atoms with Gasteiger partial charge in [0.05, 0.1) is 0 Å². The summed E-state index contributed by atoms with van der Waals surface area (Å²) in [5.74, 6) is 0.977. The predicted molar refractivity (Wildman–Crippen MR) is 99.2 cm³/mol. The summed E-state index contributed by atoms with van der Waals surface area (Å²) in [5.41, 5.74) is 3.79. The highest BCUT2D eigenvalue weighted by molar-refractivity contribution is 7.98. The summed E-state index contributed by atoms with van der Waals surface area (Å²) in [6, 6.07) is 19.2. The molecule has 4 heteroatoms. The summed E-state index contributed by atoms with van der Waals surface area (Å²) in [7, 11) is 3.52. The van der Waals surface area contributed by atoms with E-state index in [0.717, 1.165) is 9.58 Å². The third kappa shape index (κ3) is 3.64. The second kappa shape index (κ2) is 6.88. The van der Waals surface area contributed by atoms with Crippen LogP contribution >= 0.6 is 44.7 Å². The maximum absolute atomic E-state index is 5.52. The standard InChI is InChI=1S/C17H14S4/c1-12-7-9-14(10-8-12)19-11-15-16(17(18)21-20-15)13-5-3-2-4-6-13/h2-10H,11H2,1H3. The van der Waals surface area contributed by atoms with Crippen LogP contribution in [0.25, 0.3) is 11.1 Å². The van der Waals surface area contributed by atoms with Crippen LogP contribution in [0.4, 0.5) is 0 Å². The van der Waals surface area contributed by atoms with E-state index in [1.807, 2.05) is 28.2 Å². The van der Waals surface area contributed by atoms with Gasteiger partial charge in [-0.3, -0.25) is 0 Å². The smallest absolute Gasteiger partial charge is 0.110 e. The summed E-state index contributed by atoms with van der Waals surface area (Å²) in [6.45, 7) is 2.12. The van der Waals surface area contributed by atoms with Gasteiger partial charge in [0.15, 0.2) is 0 Å². The average Bonchev–Trinajstić information content (AvgIpc) is 2.88. The average molecular weight is 347 g/mol. The Morgan fingerprint density at radius 2 is 1.67 bits per heavy atom. The van der Waals surface area contributed by atoms with Crippen LogP contribution in [0.5, 0.6) is 0 Å². The van der Waals surface area contributed by atoms with Crippen molar-refractivity contribution >= 4 is 44.7 Å². The Morgan fingerprint density at radius 3 is 2.38 bits per heavy atom. The van der Waals surface area contributed by atoms with E-state index >= 15 is 0 Å². The predicted octanol–water partition coefficient (Wildman–Crippen LogP) is 6.81. The molecule has 0 aliphatic heterocycles. The lowest BCUT2D eigenvalue weighted by Gasteiger charge is -2.04. The fourth-order valence-electron chi connectivity index (χ4n) is 2.05. The number of hydrogen-bond donors (Lipinski definition) is 0. The minimum atomic E-state index is 0.977. The Morgan fingerprint density at radius 1 is 0.952 bits per heavy atom.